The fraction of sp³-hybridized carbons (Fsp3) is 0.417. The summed E-state index contributed by atoms with van der Waals surface area (Å²) in [5.41, 5.74) is 1.50. The molecule has 2 rings (SSSR count). The third kappa shape index (κ3) is 7.26. The smallest absolute Gasteiger partial charge is 0.247 e. The number of amides is 2. The summed E-state index contributed by atoms with van der Waals surface area (Å²) in [6.07, 6.45) is 1.09. The van der Waals surface area contributed by atoms with Crippen LogP contribution in [0.3, 0.4) is 0 Å². The van der Waals surface area contributed by atoms with Crippen LogP contribution in [0.4, 0.5) is 4.39 Å². The molecule has 0 unspecified atom stereocenters. The molecule has 0 fully saturated rings. The van der Waals surface area contributed by atoms with E-state index in [1.807, 2.05) is 44.2 Å². The topological polar surface area (TPSA) is 58.6 Å². The summed E-state index contributed by atoms with van der Waals surface area (Å²) in [6.45, 7) is 6.93. The number of nitrogens with one attached hydrogen (secondary N) is 1. The number of nitrogens with zero attached hydrogens (tertiary/aromatic N) is 1. The zero-order valence-corrected chi connectivity index (χ0v) is 17.9. The van der Waals surface area contributed by atoms with Gasteiger partial charge in [0.1, 0.15) is 11.9 Å². The first kappa shape index (κ1) is 23.5. The van der Waals surface area contributed by atoms with Gasteiger partial charge < -0.3 is 15.0 Å². The zero-order chi connectivity index (χ0) is 21.9. The fourth-order valence-electron chi connectivity index (χ4n) is 3.12. The van der Waals surface area contributed by atoms with Crippen molar-refractivity contribution in [2.75, 3.05) is 13.2 Å². The van der Waals surface area contributed by atoms with Crippen molar-refractivity contribution in [1.82, 2.24) is 10.2 Å². The maximum absolute atomic E-state index is 13.3. The Morgan fingerprint density at radius 3 is 2.33 bits per heavy atom. The van der Waals surface area contributed by atoms with Gasteiger partial charge in [-0.25, -0.2) is 4.39 Å². The van der Waals surface area contributed by atoms with E-state index in [0.29, 0.717) is 19.6 Å². The molecule has 0 aliphatic heterocycles. The van der Waals surface area contributed by atoms with Crippen molar-refractivity contribution in [3.63, 3.8) is 0 Å². The van der Waals surface area contributed by atoms with Gasteiger partial charge in [0.05, 0.1) is 6.10 Å². The van der Waals surface area contributed by atoms with Gasteiger partial charge in [-0.3, -0.25) is 9.59 Å². The van der Waals surface area contributed by atoms with E-state index >= 15 is 0 Å². The minimum Gasteiger partial charge on any atom is -0.379 e. The molecule has 1 N–H and O–H groups in total. The van der Waals surface area contributed by atoms with E-state index in [1.165, 1.54) is 12.1 Å². The lowest BCUT2D eigenvalue weighted by Gasteiger charge is -2.31. The van der Waals surface area contributed by atoms with Crippen LogP contribution >= 0.6 is 0 Å². The molecule has 0 spiro atoms. The zero-order valence-electron chi connectivity index (χ0n) is 17.9. The number of carbonyl (C=O) groups excluding carboxylic acids is 2. The quantitative estimate of drug-likeness (QED) is 0.560. The Balaban J connectivity index is 2.22. The van der Waals surface area contributed by atoms with Crippen molar-refractivity contribution < 1.29 is 18.7 Å². The number of halogens is 1. The van der Waals surface area contributed by atoms with E-state index in [1.54, 1.807) is 24.0 Å². The van der Waals surface area contributed by atoms with E-state index in [2.05, 4.69) is 5.32 Å². The number of carbonyl (C=O) groups is 2. The maximum Gasteiger partial charge on any atom is 0.247 e. The molecule has 0 bridgehead atoms. The highest BCUT2D eigenvalue weighted by Gasteiger charge is 2.30. The van der Waals surface area contributed by atoms with Crippen LogP contribution in [0.15, 0.2) is 54.6 Å². The molecule has 5 nitrogen and oxygen atoms in total. The van der Waals surface area contributed by atoms with Crippen LogP contribution in [0.1, 0.15) is 50.8 Å². The van der Waals surface area contributed by atoms with Crippen LogP contribution < -0.4 is 5.32 Å². The number of ether oxygens (including phenoxy) is 1. The number of rotatable bonds is 11. The van der Waals surface area contributed by atoms with Gasteiger partial charge >= 0.3 is 0 Å². The minimum atomic E-state index is -0.769. The van der Waals surface area contributed by atoms with Crippen LogP contribution in [-0.4, -0.2) is 36.0 Å². The molecule has 0 aromatic heterocycles. The summed E-state index contributed by atoms with van der Waals surface area (Å²) in [6, 6.07) is 14.5. The van der Waals surface area contributed by atoms with Crippen molar-refractivity contribution in [2.24, 2.45) is 0 Å². The third-order valence-electron chi connectivity index (χ3n) is 4.64. The van der Waals surface area contributed by atoms with E-state index in [0.717, 1.165) is 11.1 Å². The van der Waals surface area contributed by atoms with Crippen molar-refractivity contribution in [3.8, 4) is 0 Å². The largest absolute Gasteiger partial charge is 0.379 e. The predicted molar refractivity (Wildman–Crippen MR) is 115 cm³/mol. The Kier molecular flexibility index (Phi) is 9.48. The normalized spacial score (nSPS) is 11.9. The Labute approximate surface area is 178 Å². The standard InChI is InChI=1S/C24H31FN2O3/c1-4-22(28)27(17-19-11-13-21(25)14-12-19)23(20-9-6-5-7-10-20)24(29)26-15-8-16-30-18(2)3/h5-7,9-14,18,23H,4,8,15-17H2,1-3H3,(H,26,29)/t23-/m0/s1. The highest BCUT2D eigenvalue weighted by Crippen LogP contribution is 2.24. The summed E-state index contributed by atoms with van der Waals surface area (Å²) in [5, 5.41) is 2.94. The van der Waals surface area contributed by atoms with Crippen LogP contribution in [-0.2, 0) is 20.9 Å². The molecule has 1 atom stereocenters. The van der Waals surface area contributed by atoms with Gasteiger partial charge in [-0.2, -0.15) is 0 Å². The second kappa shape index (κ2) is 12.1. The molecule has 0 saturated carbocycles. The lowest BCUT2D eigenvalue weighted by molar-refractivity contribution is -0.141. The molecule has 2 amide bonds. The molecule has 0 aliphatic carbocycles. The SMILES string of the molecule is CCC(=O)N(Cc1ccc(F)cc1)[C@H](C(=O)NCCCOC(C)C)c1ccccc1. The molecule has 2 aromatic carbocycles. The van der Waals surface area contributed by atoms with Crippen molar-refractivity contribution in [2.45, 2.75) is 52.3 Å². The Bertz CT molecular complexity index is 794. The molecule has 2 aromatic rings. The molecule has 162 valence electrons. The van der Waals surface area contributed by atoms with Crippen molar-refractivity contribution >= 4 is 11.8 Å². The van der Waals surface area contributed by atoms with Crippen LogP contribution in [0, 0.1) is 5.82 Å². The molecule has 0 heterocycles. The van der Waals surface area contributed by atoms with Gasteiger partial charge in [-0.15, -0.1) is 0 Å². The summed E-state index contributed by atoms with van der Waals surface area (Å²) < 4.78 is 18.8. The van der Waals surface area contributed by atoms with E-state index < -0.39 is 6.04 Å². The highest BCUT2D eigenvalue weighted by atomic mass is 19.1. The Morgan fingerprint density at radius 1 is 1.07 bits per heavy atom. The Morgan fingerprint density at radius 2 is 1.73 bits per heavy atom. The molecule has 0 radical (unpaired) electrons. The minimum absolute atomic E-state index is 0.145. The first-order chi connectivity index (χ1) is 14.4. The molecular weight excluding hydrogens is 383 g/mol. The van der Waals surface area contributed by atoms with E-state index in [9.17, 15) is 14.0 Å². The van der Waals surface area contributed by atoms with Gasteiger partial charge in [0.25, 0.3) is 0 Å². The summed E-state index contributed by atoms with van der Waals surface area (Å²) >= 11 is 0. The molecular formula is C24H31FN2O3. The predicted octanol–water partition coefficient (Wildman–Crippen LogP) is 4.24. The molecule has 30 heavy (non-hydrogen) atoms. The second-order valence-electron chi connectivity index (χ2n) is 7.38. The summed E-state index contributed by atoms with van der Waals surface area (Å²) in [5.74, 6) is -0.728. The lowest BCUT2D eigenvalue weighted by Crippen LogP contribution is -2.43. The van der Waals surface area contributed by atoms with Gasteiger partial charge in [0, 0.05) is 26.1 Å². The molecule has 0 aliphatic rings. The third-order valence-corrected chi connectivity index (χ3v) is 4.64. The van der Waals surface area contributed by atoms with Gasteiger partial charge in [-0.05, 0) is 43.5 Å². The Hall–Kier alpha value is -2.73. The average molecular weight is 415 g/mol. The summed E-state index contributed by atoms with van der Waals surface area (Å²) in [7, 11) is 0. The highest BCUT2D eigenvalue weighted by molar-refractivity contribution is 5.88. The molecule has 0 saturated heterocycles. The first-order valence-corrected chi connectivity index (χ1v) is 10.4. The van der Waals surface area contributed by atoms with Gasteiger partial charge in [-0.1, -0.05) is 49.4 Å². The second-order valence-corrected chi connectivity index (χ2v) is 7.38. The van der Waals surface area contributed by atoms with Crippen LogP contribution in [0.2, 0.25) is 0 Å². The average Bonchev–Trinajstić information content (AvgIpc) is 2.74. The van der Waals surface area contributed by atoms with Gasteiger partial charge in [0.15, 0.2) is 0 Å². The van der Waals surface area contributed by atoms with Crippen molar-refractivity contribution in [1.29, 1.82) is 0 Å². The van der Waals surface area contributed by atoms with Crippen LogP contribution in [0.25, 0.3) is 0 Å². The van der Waals surface area contributed by atoms with Crippen LogP contribution in [0.5, 0.6) is 0 Å². The fourth-order valence-corrected chi connectivity index (χ4v) is 3.12. The summed E-state index contributed by atoms with van der Waals surface area (Å²) in [4.78, 5) is 27.5. The number of hydrogen-bond donors (Lipinski definition) is 1. The van der Waals surface area contributed by atoms with E-state index in [-0.39, 0.29) is 36.7 Å². The number of benzene rings is 2. The van der Waals surface area contributed by atoms with Crippen molar-refractivity contribution in [3.05, 3.63) is 71.5 Å². The lowest BCUT2D eigenvalue weighted by atomic mass is 10.0. The maximum atomic E-state index is 13.3. The first-order valence-electron chi connectivity index (χ1n) is 10.4. The number of hydrogen-bond acceptors (Lipinski definition) is 3. The monoisotopic (exact) mass is 414 g/mol. The van der Waals surface area contributed by atoms with Gasteiger partial charge in [0.2, 0.25) is 11.8 Å². The molecule has 6 heteroatoms. The van der Waals surface area contributed by atoms with E-state index in [4.69, 9.17) is 4.74 Å².